The first-order chi connectivity index (χ1) is 6.88. The normalized spacial score (nSPS) is 10.5. The molecule has 0 saturated heterocycles. The van der Waals surface area contributed by atoms with Crippen LogP contribution in [-0.2, 0) is 13.0 Å². The van der Waals surface area contributed by atoms with E-state index in [9.17, 15) is 17.3 Å². The average molecular weight is 223 g/mol. The Bertz CT molecular complexity index is 259. The fraction of sp³-hybridized carbons (Fsp3) is 0.444. The first-order valence-corrected chi connectivity index (χ1v) is 4.73. The highest BCUT2D eigenvalue weighted by molar-refractivity contribution is 6.50. The number of aromatic nitrogens is 1. The Labute approximate surface area is 86.8 Å². The second-order valence-corrected chi connectivity index (χ2v) is 2.83. The summed E-state index contributed by atoms with van der Waals surface area (Å²) >= 11 is 0. The summed E-state index contributed by atoms with van der Waals surface area (Å²) in [5, 5.41) is 0. The van der Waals surface area contributed by atoms with Crippen LogP contribution in [0, 0.1) is 0 Å². The molecule has 0 aromatic carbocycles. The summed E-state index contributed by atoms with van der Waals surface area (Å²) in [5.41, 5.74) is 1.41. The van der Waals surface area contributed by atoms with Crippen molar-refractivity contribution in [2.45, 2.75) is 26.8 Å². The molecule has 0 aliphatic heterocycles. The number of pyridine rings is 1. The molecular formula is C9H14BF4N. The van der Waals surface area contributed by atoms with Gasteiger partial charge in [-0.15, -0.1) is 0 Å². The van der Waals surface area contributed by atoms with Gasteiger partial charge in [-0.2, -0.15) is 0 Å². The maximum Gasteiger partial charge on any atom is 0.673 e. The van der Waals surface area contributed by atoms with Gasteiger partial charge in [-0.05, 0) is 6.92 Å². The number of hydrogen-bond donors (Lipinski definition) is 0. The Hall–Kier alpha value is -1.07. The summed E-state index contributed by atoms with van der Waals surface area (Å²) in [7, 11) is -6.00. The summed E-state index contributed by atoms with van der Waals surface area (Å²) < 4.78 is 41.3. The minimum absolute atomic E-state index is 1.07. The summed E-state index contributed by atoms with van der Waals surface area (Å²) in [6.07, 6.45) is 3.24. The van der Waals surface area contributed by atoms with E-state index in [2.05, 4.69) is 42.8 Å². The molecule has 0 amide bonds. The van der Waals surface area contributed by atoms with Gasteiger partial charge in [0.05, 0.1) is 0 Å². The highest BCUT2D eigenvalue weighted by atomic mass is 19.5. The van der Waals surface area contributed by atoms with Gasteiger partial charge in [-0.1, -0.05) is 13.0 Å². The summed E-state index contributed by atoms with van der Waals surface area (Å²) in [4.78, 5) is 0. The van der Waals surface area contributed by atoms with Gasteiger partial charge in [0.15, 0.2) is 11.9 Å². The predicted octanol–water partition coefficient (Wildman–Crippen LogP) is 2.86. The van der Waals surface area contributed by atoms with Crippen LogP contribution in [0.3, 0.4) is 0 Å². The van der Waals surface area contributed by atoms with E-state index >= 15 is 0 Å². The third kappa shape index (κ3) is 7.97. The van der Waals surface area contributed by atoms with Crippen LogP contribution in [0.25, 0.3) is 0 Å². The van der Waals surface area contributed by atoms with Crippen LogP contribution in [0.1, 0.15) is 19.5 Å². The number of aryl methyl sites for hydroxylation is 2. The molecule has 15 heavy (non-hydrogen) atoms. The van der Waals surface area contributed by atoms with Gasteiger partial charge in [0.1, 0.15) is 6.54 Å². The van der Waals surface area contributed by atoms with Gasteiger partial charge in [-0.25, -0.2) is 4.57 Å². The lowest BCUT2D eigenvalue weighted by Crippen LogP contribution is -2.36. The Morgan fingerprint density at radius 1 is 1.13 bits per heavy atom. The van der Waals surface area contributed by atoms with Gasteiger partial charge < -0.3 is 17.3 Å². The Balaban J connectivity index is 0.000000336. The maximum absolute atomic E-state index is 9.75. The Morgan fingerprint density at radius 2 is 1.67 bits per heavy atom. The first kappa shape index (κ1) is 13.9. The molecule has 1 aromatic heterocycles. The highest BCUT2D eigenvalue weighted by Crippen LogP contribution is 2.06. The van der Waals surface area contributed by atoms with Crippen molar-refractivity contribution in [3.8, 4) is 0 Å². The summed E-state index contributed by atoms with van der Waals surface area (Å²) in [6.45, 7) is 5.42. The van der Waals surface area contributed by atoms with E-state index in [0.29, 0.717) is 0 Å². The molecular weight excluding hydrogens is 209 g/mol. The molecule has 0 unspecified atom stereocenters. The molecule has 86 valence electrons. The maximum atomic E-state index is 9.75. The van der Waals surface area contributed by atoms with E-state index in [4.69, 9.17) is 0 Å². The standard InChI is InChI=1S/C9H14N.BF4/c1-3-9-7-5-6-8-10(9)4-2;2-1(3,4)5/h5-8H,3-4H2,1-2H3;/q+1;-1. The van der Waals surface area contributed by atoms with Crippen LogP contribution >= 0.6 is 0 Å². The lowest BCUT2D eigenvalue weighted by Gasteiger charge is -1.96. The Morgan fingerprint density at radius 3 is 2.00 bits per heavy atom. The van der Waals surface area contributed by atoms with E-state index in [1.54, 1.807) is 0 Å². The van der Waals surface area contributed by atoms with Crippen molar-refractivity contribution in [2.75, 3.05) is 0 Å². The molecule has 0 aliphatic carbocycles. The van der Waals surface area contributed by atoms with Crippen molar-refractivity contribution >= 4 is 7.25 Å². The first-order valence-electron chi connectivity index (χ1n) is 4.73. The second kappa shape index (κ2) is 6.42. The van der Waals surface area contributed by atoms with E-state index in [1.165, 1.54) is 5.69 Å². The molecule has 0 aliphatic rings. The van der Waals surface area contributed by atoms with Crippen molar-refractivity contribution < 1.29 is 21.8 Å². The third-order valence-corrected chi connectivity index (χ3v) is 1.74. The van der Waals surface area contributed by atoms with Gasteiger partial charge in [0, 0.05) is 18.6 Å². The number of nitrogens with zero attached hydrogens (tertiary/aromatic N) is 1. The lowest BCUT2D eigenvalue weighted by atomic mass is 10.3. The molecule has 0 saturated carbocycles. The third-order valence-electron chi connectivity index (χ3n) is 1.74. The molecule has 6 heteroatoms. The van der Waals surface area contributed by atoms with Crippen LogP contribution in [0.4, 0.5) is 17.3 Å². The van der Waals surface area contributed by atoms with E-state index in [-0.39, 0.29) is 0 Å². The fourth-order valence-corrected chi connectivity index (χ4v) is 1.14. The molecule has 0 spiro atoms. The van der Waals surface area contributed by atoms with E-state index < -0.39 is 7.25 Å². The topological polar surface area (TPSA) is 3.88 Å². The monoisotopic (exact) mass is 223 g/mol. The van der Waals surface area contributed by atoms with Gasteiger partial charge in [-0.3, -0.25) is 0 Å². The lowest BCUT2D eigenvalue weighted by molar-refractivity contribution is -0.700. The van der Waals surface area contributed by atoms with Gasteiger partial charge >= 0.3 is 7.25 Å². The van der Waals surface area contributed by atoms with Crippen molar-refractivity contribution in [3.63, 3.8) is 0 Å². The minimum Gasteiger partial charge on any atom is -0.418 e. The fourth-order valence-electron chi connectivity index (χ4n) is 1.14. The Kier molecular flexibility index (Phi) is 5.97. The predicted molar refractivity (Wildman–Crippen MR) is 51.9 cm³/mol. The number of rotatable bonds is 2. The van der Waals surface area contributed by atoms with Crippen LogP contribution in [0.2, 0.25) is 0 Å². The molecule has 0 N–H and O–H groups in total. The van der Waals surface area contributed by atoms with Crippen LogP contribution in [0.15, 0.2) is 24.4 Å². The molecule has 1 rings (SSSR count). The summed E-state index contributed by atoms with van der Waals surface area (Å²) in [6, 6.07) is 6.33. The van der Waals surface area contributed by atoms with Crippen molar-refractivity contribution in [2.24, 2.45) is 0 Å². The SMILES string of the molecule is CCc1cccc[n+]1CC.F[B-](F)(F)F. The van der Waals surface area contributed by atoms with Crippen molar-refractivity contribution in [1.29, 1.82) is 0 Å². The van der Waals surface area contributed by atoms with Gasteiger partial charge in [0.25, 0.3) is 0 Å². The number of hydrogen-bond acceptors (Lipinski definition) is 0. The molecule has 0 radical (unpaired) electrons. The zero-order chi connectivity index (χ0) is 11.9. The molecule has 0 atom stereocenters. The van der Waals surface area contributed by atoms with Crippen LogP contribution in [0.5, 0.6) is 0 Å². The second-order valence-electron chi connectivity index (χ2n) is 2.83. The zero-order valence-corrected chi connectivity index (χ0v) is 8.76. The molecule has 1 aromatic rings. The van der Waals surface area contributed by atoms with Crippen LogP contribution < -0.4 is 4.57 Å². The van der Waals surface area contributed by atoms with Crippen LogP contribution in [-0.4, -0.2) is 7.25 Å². The molecule has 0 bridgehead atoms. The molecule has 0 fully saturated rings. The van der Waals surface area contributed by atoms with Gasteiger partial charge in [0.2, 0.25) is 0 Å². The highest BCUT2D eigenvalue weighted by Gasteiger charge is 2.20. The smallest absolute Gasteiger partial charge is 0.418 e. The van der Waals surface area contributed by atoms with E-state index in [1.807, 2.05) is 0 Å². The van der Waals surface area contributed by atoms with Crippen molar-refractivity contribution in [1.82, 2.24) is 0 Å². The van der Waals surface area contributed by atoms with E-state index in [0.717, 1.165) is 13.0 Å². The zero-order valence-electron chi connectivity index (χ0n) is 8.76. The molecule has 1 nitrogen and oxygen atoms in total. The molecule has 1 heterocycles. The van der Waals surface area contributed by atoms with Crippen molar-refractivity contribution in [3.05, 3.63) is 30.1 Å². The average Bonchev–Trinajstić information content (AvgIpc) is 2.15. The quantitative estimate of drug-likeness (QED) is 0.412. The summed E-state index contributed by atoms with van der Waals surface area (Å²) in [5.74, 6) is 0. The minimum atomic E-state index is -6.00. The largest absolute Gasteiger partial charge is 0.673 e. The number of halogens is 4.